The van der Waals surface area contributed by atoms with E-state index in [9.17, 15) is 0 Å². The molecule has 2 atom stereocenters. The molecular weight excluding hydrogens is 131 g/mol. The monoisotopic (exact) mass is 146 g/mol. The number of hydrogen-bond donors (Lipinski definition) is 1. The summed E-state index contributed by atoms with van der Waals surface area (Å²) in [4.78, 5) is 2.37. The Morgan fingerprint density at radius 1 is 1.67 bits per heavy atom. The average Bonchev–Trinajstić information content (AvgIpc) is 2.17. The fourth-order valence-electron chi connectivity index (χ4n) is 1.26. The number of likely N-dealkylation sites (tertiary alicyclic amines) is 1. The number of nitrogens with zero attached hydrogens (tertiary/aromatic N) is 1. The van der Waals surface area contributed by atoms with Crippen molar-refractivity contribution in [1.82, 2.24) is 9.99 Å². The van der Waals surface area contributed by atoms with Gasteiger partial charge in [0.1, 0.15) is 0 Å². The summed E-state index contributed by atoms with van der Waals surface area (Å²) in [5, 5.41) is 3.46. The fraction of sp³-hybridized carbons (Fsp3) is 1.00. The lowest BCUT2D eigenvalue weighted by molar-refractivity contribution is 0.408. The second-order valence-corrected chi connectivity index (χ2v) is 3.43. The Hall–Kier alpha value is 0.350. The molecule has 0 radical (unpaired) electrons. The smallest absolute Gasteiger partial charge is 0.0241 e. The second-order valence-electron chi connectivity index (χ2n) is 2.64. The van der Waals surface area contributed by atoms with Crippen LogP contribution in [0.1, 0.15) is 6.42 Å². The van der Waals surface area contributed by atoms with Gasteiger partial charge in [-0.15, -0.1) is 0 Å². The Morgan fingerprint density at radius 3 is 2.89 bits per heavy atom. The number of rotatable bonds is 2. The summed E-state index contributed by atoms with van der Waals surface area (Å²) in [5.41, 5.74) is 0. The molecule has 0 spiro atoms. The molecule has 0 bridgehead atoms. The van der Waals surface area contributed by atoms with Crippen LogP contribution in [0.3, 0.4) is 0 Å². The first-order valence-corrected chi connectivity index (χ1v) is 4.93. The van der Waals surface area contributed by atoms with Gasteiger partial charge in [0.25, 0.3) is 0 Å². The summed E-state index contributed by atoms with van der Waals surface area (Å²) in [6.45, 7) is 4.70. The van der Waals surface area contributed by atoms with Crippen LogP contribution >= 0.6 is 8.73 Å². The van der Waals surface area contributed by atoms with Crippen molar-refractivity contribution in [2.45, 2.75) is 12.5 Å². The van der Waals surface area contributed by atoms with Crippen molar-refractivity contribution in [3.8, 4) is 0 Å². The SMILES string of the molecule is CPNC1CCN(C)C1. The molecule has 1 aliphatic rings. The summed E-state index contributed by atoms with van der Waals surface area (Å²) < 4.78 is 0. The van der Waals surface area contributed by atoms with Crippen molar-refractivity contribution in [3.05, 3.63) is 0 Å². The van der Waals surface area contributed by atoms with Gasteiger partial charge < -0.3 is 4.90 Å². The molecular formula is C6H15N2P. The maximum Gasteiger partial charge on any atom is 0.0241 e. The van der Waals surface area contributed by atoms with Gasteiger partial charge >= 0.3 is 0 Å². The van der Waals surface area contributed by atoms with Crippen molar-refractivity contribution >= 4 is 8.73 Å². The van der Waals surface area contributed by atoms with E-state index in [1.54, 1.807) is 0 Å². The third-order valence-corrected chi connectivity index (χ3v) is 2.44. The predicted octanol–water partition coefficient (Wildman–Crippen LogP) is 0.503. The van der Waals surface area contributed by atoms with Crippen LogP contribution in [0.25, 0.3) is 0 Å². The molecule has 0 aromatic rings. The molecule has 3 heteroatoms. The lowest BCUT2D eigenvalue weighted by Crippen LogP contribution is -2.25. The molecule has 1 aliphatic heterocycles. The Morgan fingerprint density at radius 2 is 2.44 bits per heavy atom. The van der Waals surface area contributed by atoms with E-state index < -0.39 is 0 Å². The standard InChI is InChI=1S/C6H15N2P/c1-8-4-3-6(5-8)7-9-2/h6-7,9H,3-5H2,1-2H3. The van der Waals surface area contributed by atoms with Gasteiger partial charge in [0.15, 0.2) is 0 Å². The average molecular weight is 146 g/mol. The topological polar surface area (TPSA) is 15.3 Å². The van der Waals surface area contributed by atoms with E-state index >= 15 is 0 Å². The molecule has 54 valence electrons. The zero-order chi connectivity index (χ0) is 6.69. The molecule has 2 unspecified atom stereocenters. The molecule has 0 saturated carbocycles. The number of nitrogens with one attached hydrogen (secondary N) is 1. The van der Waals surface area contributed by atoms with E-state index in [0.717, 1.165) is 14.8 Å². The van der Waals surface area contributed by atoms with Crippen molar-refractivity contribution in [1.29, 1.82) is 0 Å². The molecule has 1 rings (SSSR count). The molecule has 0 aliphatic carbocycles. The first-order valence-electron chi connectivity index (χ1n) is 3.43. The highest BCUT2D eigenvalue weighted by Gasteiger charge is 2.17. The molecule has 0 amide bonds. The normalized spacial score (nSPS) is 30.7. The largest absolute Gasteiger partial charge is 0.305 e. The van der Waals surface area contributed by atoms with Gasteiger partial charge in [0.05, 0.1) is 0 Å². The van der Waals surface area contributed by atoms with Crippen LogP contribution in [-0.4, -0.2) is 37.7 Å². The second kappa shape index (κ2) is 3.50. The van der Waals surface area contributed by atoms with E-state index in [2.05, 4.69) is 23.7 Å². The van der Waals surface area contributed by atoms with Gasteiger partial charge in [-0.25, -0.2) is 0 Å². The van der Waals surface area contributed by atoms with Crippen molar-refractivity contribution in [2.75, 3.05) is 26.8 Å². The van der Waals surface area contributed by atoms with Gasteiger partial charge in [-0.1, -0.05) is 8.73 Å². The molecule has 1 N–H and O–H groups in total. The quantitative estimate of drug-likeness (QED) is 0.571. The molecule has 0 aromatic heterocycles. The van der Waals surface area contributed by atoms with Crippen molar-refractivity contribution < 1.29 is 0 Å². The van der Waals surface area contributed by atoms with E-state index in [1.807, 2.05) is 0 Å². The zero-order valence-corrected chi connectivity index (χ0v) is 7.15. The Labute approximate surface area is 58.8 Å². The van der Waals surface area contributed by atoms with Crippen LogP contribution in [0.15, 0.2) is 0 Å². The van der Waals surface area contributed by atoms with Crippen LogP contribution in [0.4, 0.5) is 0 Å². The Bertz CT molecular complexity index is 85.1. The van der Waals surface area contributed by atoms with E-state index in [0.29, 0.717) is 0 Å². The van der Waals surface area contributed by atoms with Crippen LogP contribution < -0.4 is 5.09 Å². The molecule has 2 nitrogen and oxygen atoms in total. The van der Waals surface area contributed by atoms with E-state index in [1.165, 1.54) is 19.5 Å². The number of likely N-dealkylation sites (N-methyl/N-ethyl adjacent to an activating group) is 1. The van der Waals surface area contributed by atoms with Crippen LogP contribution in [0.2, 0.25) is 0 Å². The molecule has 1 saturated heterocycles. The minimum absolute atomic E-state index is 0.776. The van der Waals surface area contributed by atoms with Crippen molar-refractivity contribution in [2.24, 2.45) is 0 Å². The predicted molar refractivity (Wildman–Crippen MR) is 43.3 cm³/mol. The first kappa shape index (κ1) is 7.46. The van der Waals surface area contributed by atoms with Gasteiger partial charge in [-0.2, -0.15) is 0 Å². The minimum atomic E-state index is 0.776. The van der Waals surface area contributed by atoms with Gasteiger partial charge in [0, 0.05) is 12.6 Å². The lowest BCUT2D eigenvalue weighted by atomic mass is 10.3. The zero-order valence-electron chi connectivity index (χ0n) is 6.15. The highest BCUT2D eigenvalue weighted by molar-refractivity contribution is 7.34. The van der Waals surface area contributed by atoms with E-state index in [4.69, 9.17) is 0 Å². The molecule has 1 fully saturated rings. The maximum atomic E-state index is 3.46. The van der Waals surface area contributed by atoms with Gasteiger partial charge in [-0.05, 0) is 26.7 Å². The lowest BCUT2D eigenvalue weighted by Gasteiger charge is -2.09. The Kier molecular flexibility index (Phi) is 2.90. The summed E-state index contributed by atoms with van der Waals surface area (Å²) in [7, 11) is 3.09. The Balaban J connectivity index is 2.14. The highest BCUT2D eigenvalue weighted by atomic mass is 31.1. The fourth-order valence-corrected chi connectivity index (χ4v) is 1.90. The summed E-state index contributed by atoms with van der Waals surface area (Å²) in [5.74, 6) is 0. The summed E-state index contributed by atoms with van der Waals surface area (Å²) in [6, 6.07) is 0.776. The van der Waals surface area contributed by atoms with Crippen LogP contribution in [-0.2, 0) is 0 Å². The van der Waals surface area contributed by atoms with E-state index in [-0.39, 0.29) is 0 Å². The van der Waals surface area contributed by atoms with Gasteiger partial charge in [0.2, 0.25) is 0 Å². The van der Waals surface area contributed by atoms with Gasteiger partial charge in [-0.3, -0.25) is 5.09 Å². The van der Waals surface area contributed by atoms with Crippen molar-refractivity contribution in [3.63, 3.8) is 0 Å². The minimum Gasteiger partial charge on any atom is -0.305 e. The number of hydrogen-bond acceptors (Lipinski definition) is 2. The first-order chi connectivity index (χ1) is 4.33. The third-order valence-electron chi connectivity index (χ3n) is 1.74. The van der Waals surface area contributed by atoms with Crippen LogP contribution in [0.5, 0.6) is 0 Å². The third kappa shape index (κ3) is 2.21. The van der Waals surface area contributed by atoms with Crippen LogP contribution in [0, 0.1) is 0 Å². The molecule has 9 heavy (non-hydrogen) atoms. The molecule has 1 heterocycles. The highest BCUT2D eigenvalue weighted by Crippen LogP contribution is 2.09. The summed E-state index contributed by atoms with van der Waals surface area (Å²) in [6.07, 6.45) is 1.33. The molecule has 0 aromatic carbocycles. The summed E-state index contributed by atoms with van der Waals surface area (Å²) >= 11 is 0. The maximum absolute atomic E-state index is 3.46.